The van der Waals surface area contributed by atoms with Crippen molar-refractivity contribution in [2.75, 3.05) is 14.2 Å². The van der Waals surface area contributed by atoms with Gasteiger partial charge in [0.05, 0.1) is 12.0 Å². The molecular formula is C22H21FN2O5S. The highest BCUT2D eigenvalue weighted by Crippen LogP contribution is 2.22. The smallest absolute Gasteiger partial charge is 0.264 e. The minimum absolute atomic E-state index is 0.0493. The van der Waals surface area contributed by atoms with Gasteiger partial charge >= 0.3 is 0 Å². The molecule has 1 amide bonds. The zero-order valence-electron chi connectivity index (χ0n) is 16.9. The highest BCUT2D eigenvalue weighted by molar-refractivity contribution is 7.89. The summed E-state index contributed by atoms with van der Waals surface area (Å²) in [5.74, 6) is 0.328. The Morgan fingerprint density at radius 3 is 2.23 bits per heavy atom. The van der Waals surface area contributed by atoms with E-state index in [1.807, 2.05) is 0 Å². The highest BCUT2D eigenvalue weighted by atomic mass is 32.2. The van der Waals surface area contributed by atoms with Gasteiger partial charge in [-0.1, -0.05) is 22.7 Å². The van der Waals surface area contributed by atoms with E-state index < -0.39 is 15.9 Å². The molecule has 162 valence electrons. The second kappa shape index (κ2) is 9.69. The van der Waals surface area contributed by atoms with Crippen LogP contribution >= 0.6 is 0 Å². The fraction of sp³-hybridized carbons (Fsp3) is 0.136. The van der Waals surface area contributed by atoms with Crippen molar-refractivity contribution >= 4 is 15.9 Å². The minimum Gasteiger partial charge on any atom is -0.457 e. The molecule has 3 aromatic carbocycles. The Labute approximate surface area is 180 Å². The molecule has 1 N–H and O–H groups in total. The average Bonchev–Trinajstić information content (AvgIpc) is 2.79. The van der Waals surface area contributed by atoms with Crippen LogP contribution in [0.1, 0.15) is 15.9 Å². The quantitative estimate of drug-likeness (QED) is 0.535. The maximum absolute atomic E-state index is 13.0. The van der Waals surface area contributed by atoms with Gasteiger partial charge in [-0.15, -0.1) is 0 Å². The van der Waals surface area contributed by atoms with E-state index in [-0.39, 0.29) is 22.8 Å². The number of rotatable bonds is 8. The molecule has 9 heteroatoms. The zero-order valence-corrected chi connectivity index (χ0v) is 17.7. The molecule has 3 rings (SSSR count). The van der Waals surface area contributed by atoms with E-state index in [2.05, 4.69) is 5.32 Å². The lowest BCUT2D eigenvalue weighted by molar-refractivity contribution is -0.0258. The van der Waals surface area contributed by atoms with Gasteiger partial charge in [0.25, 0.3) is 15.9 Å². The fourth-order valence-corrected chi connectivity index (χ4v) is 3.66. The van der Waals surface area contributed by atoms with Crippen LogP contribution in [0.15, 0.2) is 77.7 Å². The number of hydrogen-bond acceptors (Lipinski definition) is 5. The Bertz CT molecular complexity index is 1150. The van der Waals surface area contributed by atoms with E-state index in [4.69, 9.17) is 9.57 Å². The van der Waals surface area contributed by atoms with Crippen molar-refractivity contribution in [3.63, 3.8) is 0 Å². The van der Waals surface area contributed by atoms with Gasteiger partial charge in [-0.25, -0.2) is 12.8 Å². The van der Waals surface area contributed by atoms with Crippen LogP contribution < -0.4 is 10.1 Å². The second-order valence-corrected chi connectivity index (χ2v) is 8.44. The first kappa shape index (κ1) is 22.4. The van der Waals surface area contributed by atoms with E-state index in [9.17, 15) is 17.6 Å². The molecule has 0 spiro atoms. The molecule has 0 heterocycles. The van der Waals surface area contributed by atoms with Crippen molar-refractivity contribution in [2.24, 2.45) is 0 Å². The Morgan fingerprint density at radius 1 is 1.00 bits per heavy atom. The van der Waals surface area contributed by atoms with E-state index >= 15 is 0 Å². The summed E-state index contributed by atoms with van der Waals surface area (Å²) in [7, 11) is -1.34. The molecule has 0 aliphatic heterocycles. The van der Waals surface area contributed by atoms with E-state index in [1.165, 1.54) is 62.7 Å². The number of ether oxygens (including phenoxy) is 1. The maximum Gasteiger partial charge on any atom is 0.264 e. The number of carbonyl (C=O) groups is 1. The van der Waals surface area contributed by atoms with Gasteiger partial charge in [-0.05, 0) is 60.2 Å². The largest absolute Gasteiger partial charge is 0.457 e. The van der Waals surface area contributed by atoms with E-state index in [0.29, 0.717) is 11.5 Å². The number of sulfonamides is 1. The predicted octanol–water partition coefficient (Wildman–Crippen LogP) is 3.73. The highest BCUT2D eigenvalue weighted by Gasteiger charge is 2.21. The van der Waals surface area contributed by atoms with Gasteiger partial charge < -0.3 is 10.1 Å². The van der Waals surface area contributed by atoms with Crippen LogP contribution in [0.2, 0.25) is 0 Å². The molecular weight excluding hydrogens is 423 g/mol. The first-order valence-corrected chi connectivity index (χ1v) is 10.7. The molecule has 31 heavy (non-hydrogen) atoms. The molecule has 0 aliphatic carbocycles. The summed E-state index contributed by atoms with van der Waals surface area (Å²) in [6.45, 7) is 0.241. The van der Waals surface area contributed by atoms with Crippen LogP contribution in [0.5, 0.6) is 11.5 Å². The topological polar surface area (TPSA) is 84.9 Å². The van der Waals surface area contributed by atoms with Crippen LogP contribution in [0.3, 0.4) is 0 Å². The molecule has 0 aliphatic rings. The molecule has 0 radical (unpaired) electrons. The number of amides is 1. The van der Waals surface area contributed by atoms with E-state index in [0.717, 1.165) is 10.0 Å². The van der Waals surface area contributed by atoms with Gasteiger partial charge in [0.2, 0.25) is 0 Å². The number of carbonyl (C=O) groups excluding carboxylic acids is 1. The van der Waals surface area contributed by atoms with Crippen molar-refractivity contribution < 1.29 is 27.2 Å². The lowest BCUT2D eigenvalue weighted by Crippen LogP contribution is -2.27. The Balaban J connectivity index is 1.62. The third-order valence-corrected chi connectivity index (χ3v) is 6.09. The Hall–Kier alpha value is -3.27. The van der Waals surface area contributed by atoms with Crippen molar-refractivity contribution in [1.82, 2.24) is 9.79 Å². The number of nitrogens with one attached hydrogen (secondary N) is 1. The molecule has 0 saturated heterocycles. The van der Waals surface area contributed by atoms with Crippen LogP contribution in [0.25, 0.3) is 0 Å². The number of benzene rings is 3. The summed E-state index contributed by atoms with van der Waals surface area (Å²) in [6.07, 6.45) is 0. The lowest BCUT2D eigenvalue weighted by atomic mass is 10.2. The van der Waals surface area contributed by atoms with Crippen molar-refractivity contribution in [2.45, 2.75) is 11.4 Å². The summed E-state index contributed by atoms with van der Waals surface area (Å²) >= 11 is 0. The molecule has 7 nitrogen and oxygen atoms in total. The zero-order chi connectivity index (χ0) is 22.4. The first-order chi connectivity index (χ1) is 14.8. The summed E-state index contributed by atoms with van der Waals surface area (Å²) in [5.41, 5.74) is 1.03. The third kappa shape index (κ3) is 5.66. The molecule has 0 fully saturated rings. The lowest BCUT2D eigenvalue weighted by Gasteiger charge is -2.14. The monoisotopic (exact) mass is 444 g/mol. The van der Waals surface area contributed by atoms with Gasteiger partial charge in [0, 0.05) is 19.2 Å². The van der Waals surface area contributed by atoms with Crippen LogP contribution in [0, 0.1) is 5.82 Å². The fourth-order valence-electron chi connectivity index (χ4n) is 2.64. The number of nitrogens with zero attached hydrogens (tertiary/aromatic N) is 1. The van der Waals surface area contributed by atoms with Gasteiger partial charge in [-0.3, -0.25) is 9.63 Å². The second-order valence-electron chi connectivity index (χ2n) is 6.51. The Kier molecular flexibility index (Phi) is 7.01. The SMILES string of the molecule is CON(C)S(=O)(=O)c1cccc(C(=O)NCc2ccc(Oc3ccc(F)cc3)cc2)c1. The van der Waals surface area contributed by atoms with Crippen molar-refractivity contribution in [3.05, 3.63) is 89.7 Å². The number of hydroxylamine groups is 1. The molecule has 0 atom stereocenters. The minimum atomic E-state index is -3.85. The average molecular weight is 444 g/mol. The van der Waals surface area contributed by atoms with Crippen molar-refractivity contribution in [1.29, 1.82) is 0 Å². The first-order valence-electron chi connectivity index (χ1n) is 9.23. The molecule has 0 saturated carbocycles. The summed E-state index contributed by atoms with van der Waals surface area (Å²) in [6, 6.07) is 18.4. The summed E-state index contributed by atoms with van der Waals surface area (Å²) in [4.78, 5) is 17.2. The van der Waals surface area contributed by atoms with Gasteiger partial charge in [0.1, 0.15) is 17.3 Å². The third-order valence-electron chi connectivity index (χ3n) is 4.42. The Morgan fingerprint density at radius 2 is 1.61 bits per heavy atom. The maximum atomic E-state index is 13.0. The summed E-state index contributed by atoms with van der Waals surface area (Å²) < 4.78 is 44.0. The molecule has 0 bridgehead atoms. The molecule has 0 unspecified atom stereocenters. The van der Waals surface area contributed by atoms with Crippen LogP contribution in [-0.4, -0.2) is 33.0 Å². The standard InChI is InChI=1S/C22H21FN2O5S/c1-25(29-2)31(27,28)21-5-3-4-17(14-21)22(26)24-15-16-6-10-19(11-7-16)30-20-12-8-18(23)9-13-20/h3-14H,15H2,1-2H3,(H,24,26). The van der Waals surface area contributed by atoms with Gasteiger partial charge in [0.15, 0.2) is 0 Å². The number of hydrogen-bond donors (Lipinski definition) is 1. The van der Waals surface area contributed by atoms with Crippen molar-refractivity contribution in [3.8, 4) is 11.5 Å². The van der Waals surface area contributed by atoms with E-state index in [1.54, 1.807) is 24.3 Å². The van der Waals surface area contributed by atoms with Crippen LogP contribution in [0.4, 0.5) is 4.39 Å². The van der Waals surface area contributed by atoms with Gasteiger partial charge in [-0.2, -0.15) is 0 Å². The molecule has 0 aromatic heterocycles. The van der Waals surface area contributed by atoms with Crippen LogP contribution in [-0.2, 0) is 21.4 Å². The predicted molar refractivity (Wildman–Crippen MR) is 112 cm³/mol. The number of halogens is 1. The normalized spacial score (nSPS) is 11.4. The summed E-state index contributed by atoms with van der Waals surface area (Å²) in [5, 5.41) is 2.75. The molecule has 3 aromatic rings.